The molecule has 1 N–H and O–H groups in total. The quantitative estimate of drug-likeness (QED) is 0.777. The molecule has 0 unspecified atom stereocenters. The molecule has 0 radical (unpaired) electrons. The number of carbonyl (C=O) groups excluding carboxylic acids is 1. The van der Waals surface area contributed by atoms with Crippen LogP contribution < -0.4 is 5.32 Å². The number of carbonyl (C=O) groups is 1. The zero-order valence-electron chi connectivity index (χ0n) is 17.0. The van der Waals surface area contributed by atoms with Crippen LogP contribution in [0, 0.1) is 24.2 Å². The molecule has 1 amide bonds. The number of nitrogens with zero attached hydrogens (tertiary/aromatic N) is 2. The van der Waals surface area contributed by atoms with Crippen molar-refractivity contribution in [3.63, 3.8) is 0 Å². The fraction of sp³-hybridized carbons (Fsp3) is 0.455. The second-order valence-corrected chi connectivity index (χ2v) is 11.1. The van der Waals surface area contributed by atoms with E-state index in [2.05, 4.69) is 11.4 Å². The van der Waals surface area contributed by atoms with Gasteiger partial charge in [0, 0.05) is 23.9 Å². The van der Waals surface area contributed by atoms with Gasteiger partial charge < -0.3 is 5.32 Å². The summed E-state index contributed by atoms with van der Waals surface area (Å²) in [4.78, 5) is 14.3. The van der Waals surface area contributed by atoms with E-state index in [1.807, 2.05) is 6.92 Å². The highest BCUT2D eigenvalue weighted by molar-refractivity contribution is 7.89. The van der Waals surface area contributed by atoms with Gasteiger partial charge in [-0.25, -0.2) is 8.42 Å². The van der Waals surface area contributed by atoms with Crippen LogP contribution in [0.1, 0.15) is 47.3 Å². The Bertz CT molecular complexity index is 1090. The Morgan fingerprint density at radius 3 is 2.50 bits per heavy atom. The Hall–Kier alpha value is -2.21. The molecule has 2 aliphatic rings. The predicted octanol–water partition coefficient (Wildman–Crippen LogP) is 3.85. The summed E-state index contributed by atoms with van der Waals surface area (Å²) in [6, 6.07) is 9.11. The average Bonchev–Trinajstić information content (AvgIpc) is 3.11. The van der Waals surface area contributed by atoms with Gasteiger partial charge in [-0.3, -0.25) is 4.79 Å². The first-order valence-electron chi connectivity index (χ1n) is 10.3. The Morgan fingerprint density at radius 2 is 1.83 bits per heavy atom. The monoisotopic (exact) mass is 443 g/mol. The lowest BCUT2D eigenvalue weighted by Gasteiger charge is -2.30. The van der Waals surface area contributed by atoms with Crippen LogP contribution in [-0.2, 0) is 27.7 Å². The van der Waals surface area contributed by atoms with Crippen molar-refractivity contribution < 1.29 is 13.2 Å². The maximum absolute atomic E-state index is 12.9. The van der Waals surface area contributed by atoms with E-state index >= 15 is 0 Å². The molecule has 0 atom stereocenters. The molecule has 6 nitrogen and oxygen atoms in total. The van der Waals surface area contributed by atoms with E-state index in [1.54, 1.807) is 24.3 Å². The first kappa shape index (κ1) is 21.0. The molecule has 0 saturated carbocycles. The number of rotatable bonds is 4. The average molecular weight is 444 g/mol. The molecule has 4 rings (SSSR count). The van der Waals surface area contributed by atoms with Gasteiger partial charge in [-0.2, -0.15) is 9.57 Å². The third kappa shape index (κ3) is 4.02. The van der Waals surface area contributed by atoms with Gasteiger partial charge in [0.25, 0.3) is 0 Å². The van der Waals surface area contributed by atoms with Crippen molar-refractivity contribution in [2.45, 2.75) is 50.3 Å². The molecule has 1 aliphatic carbocycles. The topological polar surface area (TPSA) is 90.3 Å². The number of nitriles is 1. The van der Waals surface area contributed by atoms with Crippen molar-refractivity contribution in [3.05, 3.63) is 45.8 Å². The molecule has 2 aromatic rings. The van der Waals surface area contributed by atoms with Gasteiger partial charge in [0.1, 0.15) is 11.1 Å². The summed E-state index contributed by atoms with van der Waals surface area (Å²) in [5.74, 6) is -0.363. The molecule has 2 heterocycles. The first-order chi connectivity index (χ1) is 14.4. The van der Waals surface area contributed by atoms with Crippen molar-refractivity contribution >= 4 is 32.3 Å². The number of nitrogens with one attached hydrogen (secondary N) is 1. The maximum atomic E-state index is 12.9. The molecule has 1 aromatic carbocycles. The number of sulfonamides is 1. The summed E-state index contributed by atoms with van der Waals surface area (Å²) in [5.41, 5.74) is 2.72. The van der Waals surface area contributed by atoms with Gasteiger partial charge >= 0.3 is 0 Å². The number of thiophene rings is 1. The Morgan fingerprint density at radius 1 is 1.17 bits per heavy atom. The molecule has 0 bridgehead atoms. The minimum atomic E-state index is -3.54. The van der Waals surface area contributed by atoms with Crippen LogP contribution in [0.4, 0.5) is 5.00 Å². The van der Waals surface area contributed by atoms with E-state index in [4.69, 9.17) is 0 Å². The van der Waals surface area contributed by atoms with Gasteiger partial charge in [-0.15, -0.1) is 11.3 Å². The molecule has 0 spiro atoms. The smallest absolute Gasteiger partial charge is 0.243 e. The van der Waals surface area contributed by atoms with Crippen LogP contribution in [0.25, 0.3) is 0 Å². The van der Waals surface area contributed by atoms with Gasteiger partial charge in [0.2, 0.25) is 15.9 Å². The lowest BCUT2D eigenvalue weighted by atomic mass is 9.95. The first-order valence-corrected chi connectivity index (χ1v) is 12.6. The molecule has 1 saturated heterocycles. The van der Waals surface area contributed by atoms with Crippen LogP contribution in [0.5, 0.6) is 0 Å². The number of fused-ring (bicyclic) bond motifs is 1. The second kappa shape index (κ2) is 8.50. The Balaban J connectivity index is 1.41. The second-order valence-electron chi connectivity index (χ2n) is 8.01. The Labute approximate surface area is 181 Å². The number of piperidine rings is 1. The highest BCUT2D eigenvalue weighted by Gasteiger charge is 2.33. The van der Waals surface area contributed by atoms with Crippen molar-refractivity contribution in [1.29, 1.82) is 5.26 Å². The third-order valence-electron chi connectivity index (χ3n) is 6.00. The van der Waals surface area contributed by atoms with Crippen LogP contribution in [0.15, 0.2) is 29.2 Å². The fourth-order valence-electron chi connectivity index (χ4n) is 4.20. The Kier molecular flexibility index (Phi) is 5.96. The highest BCUT2D eigenvalue weighted by Crippen LogP contribution is 2.38. The largest absolute Gasteiger partial charge is 0.316 e. The standard InChI is InChI=1S/C22H25N3O3S2/c1-15-6-8-17(9-7-15)30(27,28)25-12-10-16(11-13-25)21(26)24-22-19(14-23)18-4-2-3-5-20(18)29-22/h6-9,16H,2-5,10-13H2,1H3,(H,24,26). The number of hydrogen-bond donors (Lipinski definition) is 1. The number of anilines is 1. The van der Waals surface area contributed by atoms with Crippen LogP contribution >= 0.6 is 11.3 Å². The lowest BCUT2D eigenvalue weighted by molar-refractivity contribution is -0.120. The SMILES string of the molecule is Cc1ccc(S(=O)(=O)N2CCC(C(=O)Nc3sc4c(c3C#N)CCCC4)CC2)cc1. The highest BCUT2D eigenvalue weighted by atomic mass is 32.2. The van der Waals surface area contributed by atoms with Gasteiger partial charge in [0.05, 0.1) is 10.5 Å². The summed E-state index contributed by atoms with van der Waals surface area (Å²) in [6.07, 6.45) is 5.03. The summed E-state index contributed by atoms with van der Waals surface area (Å²) in [7, 11) is -3.54. The molecule has 30 heavy (non-hydrogen) atoms. The van der Waals surface area contributed by atoms with Crippen LogP contribution in [-0.4, -0.2) is 31.7 Å². The molecule has 158 valence electrons. The zero-order chi connectivity index (χ0) is 21.3. The number of benzene rings is 1. The summed E-state index contributed by atoms with van der Waals surface area (Å²) < 4.78 is 27.2. The zero-order valence-corrected chi connectivity index (χ0v) is 18.6. The summed E-state index contributed by atoms with van der Waals surface area (Å²) in [6.45, 7) is 2.56. The molecular weight excluding hydrogens is 418 g/mol. The van der Waals surface area contributed by atoms with E-state index in [1.165, 1.54) is 20.5 Å². The van der Waals surface area contributed by atoms with Gasteiger partial charge in [0.15, 0.2) is 0 Å². The van der Waals surface area contributed by atoms with Crippen LogP contribution in [0.3, 0.4) is 0 Å². The number of amides is 1. The van der Waals surface area contributed by atoms with Crippen molar-refractivity contribution in [2.75, 3.05) is 18.4 Å². The van der Waals surface area contributed by atoms with Crippen molar-refractivity contribution in [2.24, 2.45) is 5.92 Å². The van der Waals surface area contributed by atoms with Crippen LogP contribution in [0.2, 0.25) is 0 Å². The molecule has 8 heteroatoms. The van der Waals surface area contributed by atoms with Crippen molar-refractivity contribution in [1.82, 2.24) is 4.31 Å². The minimum absolute atomic E-state index is 0.113. The maximum Gasteiger partial charge on any atom is 0.243 e. The number of hydrogen-bond acceptors (Lipinski definition) is 5. The molecular formula is C22H25N3O3S2. The van der Waals surface area contributed by atoms with E-state index in [-0.39, 0.29) is 11.8 Å². The molecule has 1 aromatic heterocycles. The van der Waals surface area contributed by atoms with Crippen molar-refractivity contribution in [3.8, 4) is 6.07 Å². The van der Waals surface area contributed by atoms with Gasteiger partial charge in [-0.05, 0) is 63.1 Å². The lowest BCUT2D eigenvalue weighted by Crippen LogP contribution is -2.41. The molecule has 1 aliphatic heterocycles. The number of aryl methyl sites for hydroxylation is 2. The third-order valence-corrected chi connectivity index (χ3v) is 9.12. The minimum Gasteiger partial charge on any atom is -0.316 e. The summed E-state index contributed by atoms with van der Waals surface area (Å²) >= 11 is 1.52. The molecule has 1 fully saturated rings. The van der Waals surface area contributed by atoms with E-state index in [9.17, 15) is 18.5 Å². The predicted molar refractivity (Wildman–Crippen MR) is 117 cm³/mol. The normalized spacial score (nSPS) is 17.9. The summed E-state index contributed by atoms with van der Waals surface area (Å²) in [5, 5.41) is 13.2. The van der Waals surface area contributed by atoms with E-state index < -0.39 is 10.0 Å². The van der Waals surface area contributed by atoms with Gasteiger partial charge in [-0.1, -0.05) is 17.7 Å². The van der Waals surface area contributed by atoms with E-state index in [0.717, 1.165) is 36.8 Å². The van der Waals surface area contributed by atoms with E-state index in [0.29, 0.717) is 41.4 Å². The fourth-order valence-corrected chi connectivity index (χ4v) is 6.92.